The fourth-order valence-corrected chi connectivity index (χ4v) is 2.39. The van der Waals surface area contributed by atoms with Crippen molar-refractivity contribution in [2.75, 3.05) is 12.4 Å². The number of hydrogen-bond donors (Lipinski definition) is 1. The molecular weight excluding hydrogens is 280 g/mol. The zero-order valence-corrected chi connectivity index (χ0v) is 13.3. The highest BCUT2D eigenvalue weighted by atomic mass is 16.5. The number of methoxy groups -OCH3 is 1. The van der Waals surface area contributed by atoms with Gasteiger partial charge in [-0.25, -0.2) is 0 Å². The summed E-state index contributed by atoms with van der Waals surface area (Å²) in [5.74, 6) is 0.450. The summed E-state index contributed by atoms with van der Waals surface area (Å²) in [6.07, 6.45) is 0. The van der Waals surface area contributed by atoms with Gasteiger partial charge in [0.25, 0.3) is 0 Å². The van der Waals surface area contributed by atoms with Crippen LogP contribution in [-0.4, -0.2) is 17.6 Å². The molecule has 0 atom stereocenters. The van der Waals surface area contributed by atoms with E-state index in [1.807, 2.05) is 39.0 Å². The summed E-state index contributed by atoms with van der Waals surface area (Å²) < 4.78 is 7.06. The van der Waals surface area contributed by atoms with Crippen molar-refractivity contribution in [3.63, 3.8) is 0 Å². The molecule has 0 aliphatic carbocycles. The molecule has 0 spiro atoms. The van der Waals surface area contributed by atoms with Crippen LogP contribution in [0, 0.1) is 20.8 Å². The number of carbonyl (C=O) groups excluding carboxylic acids is 1. The van der Waals surface area contributed by atoms with Crippen LogP contribution in [-0.2, 0) is 11.3 Å². The second kappa shape index (κ2) is 6.47. The number of nitrogens with zero attached hydrogens (tertiary/aromatic N) is 1. The quantitative estimate of drug-likeness (QED) is 0.943. The minimum atomic E-state index is -0.168. The lowest BCUT2D eigenvalue weighted by atomic mass is 10.2. The van der Waals surface area contributed by atoms with Crippen molar-refractivity contribution in [3.05, 3.63) is 57.5 Å². The van der Waals surface area contributed by atoms with Crippen LogP contribution < -0.4 is 15.5 Å². The molecule has 116 valence electrons. The zero-order valence-electron chi connectivity index (χ0n) is 13.3. The Balaban J connectivity index is 2.21. The lowest BCUT2D eigenvalue weighted by molar-refractivity contribution is -0.116. The van der Waals surface area contributed by atoms with Gasteiger partial charge in [0.15, 0.2) is 5.43 Å². The molecule has 0 radical (unpaired) electrons. The molecule has 1 N–H and O–H groups in total. The Hall–Kier alpha value is -2.56. The summed E-state index contributed by atoms with van der Waals surface area (Å²) in [5.41, 5.74) is 3.15. The van der Waals surface area contributed by atoms with E-state index >= 15 is 0 Å². The van der Waals surface area contributed by atoms with E-state index in [2.05, 4.69) is 5.32 Å². The molecule has 2 aromatic rings. The third-order valence-corrected chi connectivity index (χ3v) is 3.48. The van der Waals surface area contributed by atoms with Gasteiger partial charge in [0.2, 0.25) is 5.91 Å². The number of ether oxygens (including phenoxy) is 1. The van der Waals surface area contributed by atoms with E-state index in [9.17, 15) is 9.59 Å². The summed E-state index contributed by atoms with van der Waals surface area (Å²) >= 11 is 0. The van der Waals surface area contributed by atoms with Crippen LogP contribution in [0.15, 0.2) is 35.1 Å². The Morgan fingerprint density at radius 3 is 2.36 bits per heavy atom. The van der Waals surface area contributed by atoms with Gasteiger partial charge in [-0.3, -0.25) is 9.59 Å². The van der Waals surface area contributed by atoms with Gasteiger partial charge in [-0.15, -0.1) is 0 Å². The average molecular weight is 300 g/mol. The molecular formula is C17H20N2O3. The number of nitrogens with one attached hydrogen (secondary N) is 1. The predicted molar refractivity (Wildman–Crippen MR) is 86.5 cm³/mol. The fraction of sp³-hybridized carbons (Fsp3) is 0.294. The number of anilines is 1. The van der Waals surface area contributed by atoms with Crippen molar-refractivity contribution >= 4 is 11.6 Å². The molecule has 5 nitrogen and oxygen atoms in total. The van der Waals surface area contributed by atoms with Gasteiger partial charge in [-0.05, 0) is 38.5 Å². The van der Waals surface area contributed by atoms with Crippen molar-refractivity contribution < 1.29 is 9.53 Å². The van der Waals surface area contributed by atoms with Crippen molar-refractivity contribution in [2.45, 2.75) is 27.3 Å². The first-order valence-corrected chi connectivity index (χ1v) is 7.03. The van der Waals surface area contributed by atoms with Gasteiger partial charge in [0, 0.05) is 23.5 Å². The minimum absolute atomic E-state index is 0.0491. The molecule has 0 saturated heterocycles. The third kappa shape index (κ3) is 3.55. The number of rotatable bonds is 4. The lowest BCUT2D eigenvalue weighted by Gasteiger charge is -2.15. The van der Waals surface area contributed by atoms with Gasteiger partial charge < -0.3 is 14.6 Å². The van der Waals surface area contributed by atoms with E-state index in [0.29, 0.717) is 11.4 Å². The summed E-state index contributed by atoms with van der Waals surface area (Å²) in [7, 11) is 1.57. The number of benzene rings is 1. The molecule has 1 aromatic heterocycles. The van der Waals surface area contributed by atoms with E-state index in [-0.39, 0.29) is 17.9 Å². The maximum Gasteiger partial charge on any atom is 0.244 e. The van der Waals surface area contributed by atoms with E-state index in [1.165, 1.54) is 12.1 Å². The number of carbonyl (C=O) groups is 1. The molecule has 0 saturated carbocycles. The maximum absolute atomic E-state index is 12.3. The second-order valence-corrected chi connectivity index (χ2v) is 5.31. The Labute approximate surface area is 129 Å². The van der Waals surface area contributed by atoms with Crippen LogP contribution in [0.5, 0.6) is 5.75 Å². The molecule has 0 unspecified atom stereocenters. The van der Waals surface area contributed by atoms with E-state index in [0.717, 1.165) is 17.0 Å². The molecule has 1 amide bonds. The van der Waals surface area contributed by atoms with Crippen molar-refractivity contribution in [1.82, 2.24) is 4.57 Å². The molecule has 0 aliphatic rings. The summed E-state index contributed by atoms with van der Waals surface area (Å²) in [5, 5.41) is 2.86. The lowest BCUT2D eigenvalue weighted by Crippen LogP contribution is -2.23. The highest BCUT2D eigenvalue weighted by molar-refractivity contribution is 5.92. The third-order valence-electron chi connectivity index (χ3n) is 3.48. The first kappa shape index (κ1) is 15.8. The van der Waals surface area contributed by atoms with Gasteiger partial charge in [-0.1, -0.05) is 6.07 Å². The number of pyridine rings is 1. The van der Waals surface area contributed by atoms with Crippen LogP contribution in [0.4, 0.5) is 5.69 Å². The van der Waals surface area contributed by atoms with Gasteiger partial charge in [0.05, 0.1) is 12.8 Å². The molecule has 1 aromatic carbocycles. The van der Waals surface area contributed by atoms with Crippen molar-refractivity contribution in [3.8, 4) is 5.75 Å². The van der Waals surface area contributed by atoms with Crippen molar-refractivity contribution in [1.29, 1.82) is 0 Å². The molecule has 0 fully saturated rings. The van der Waals surface area contributed by atoms with Gasteiger partial charge in [-0.2, -0.15) is 0 Å². The number of aryl methyl sites for hydroxylation is 3. The Morgan fingerprint density at radius 2 is 1.77 bits per heavy atom. The van der Waals surface area contributed by atoms with Gasteiger partial charge in [0.1, 0.15) is 12.3 Å². The Bertz CT molecular complexity index is 737. The summed E-state index contributed by atoms with van der Waals surface area (Å²) in [6.45, 7) is 5.73. The van der Waals surface area contributed by atoms with Crippen LogP contribution in [0.1, 0.15) is 17.0 Å². The summed E-state index contributed by atoms with van der Waals surface area (Å²) in [4.78, 5) is 23.7. The Morgan fingerprint density at radius 1 is 1.14 bits per heavy atom. The zero-order chi connectivity index (χ0) is 16.3. The topological polar surface area (TPSA) is 60.3 Å². The molecule has 0 bridgehead atoms. The van der Waals surface area contributed by atoms with Crippen LogP contribution in [0.25, 0.3) is 0 Å². The van der Waals surface area contributed by atoms with Crippen molar-refractivity contribution in [2.24, 2.45) is 0 Å². The van der Waals surface area contributed by atoms with E-state index < -0.39 is 0 Å². The molecule has 1 heterocycles. The SMILES string of the molecule is COc1ccc(C)cc1NC(=O)Cn1c(C)cc(=O)cc1C. The van der Waals surface area contributed by atoms with Crippen LogP contribution in [0.3, 0.4) is 0 Å². The second-order valence-electron chi connectivity index (χ2n) is 5.31. The minimum Gasteiger partial charge on any atom is -0.495 e. The number of hydrogen-bond acceptors (Lipinski definition) is 3. The molecule has 5 heteroatoms. The standard InChI is InChI=1S/C17H20N2O3/c1-11-5-6-16(22-4)15(7-11)18-17(21)10-19-12(2)8-14(20)9-13(19)3/h5-9H,10H2,1-4H3,(H,18,21). The largest absolute Gasteiger partial charge is 0.495 e. The summed E-state index contributed by atoms with van der Waals surface area (Å²) in [6, 6.07) is 8.65. The first-order valence-electron chi connectivity index (χ1n) is 7.03. The number of amides is 1. The molecule has 22 heavy (non-hydrogen) atoms. The van der Waals surface area contributed by atoms with E-state index in [1.54, 1.807) is 11.7 Å². The first-order chi connectivity index (χ1) is 10.4. The van der Waals surface area contributed by atoms with Crippen LogP contribution >= 0.6 is 0 Å². The maximum atomic E-state index is 12.3. The Kier molecular flexibility index (Phi) is 4.65. The predicted octanol–water partition coefficient (Wildman–Crippen LogP) is 2.42. The van der Waals surface area contributed by atoms with E-state index in [4.69, 9.17) is 4.74 Å². The highest BCUT2D eigenvalue weighted by Crippen LogP contribution is 2.25. The normalized spacial score (nSPS) is 10.4. The fourth-order valence-electron chi connectivity index (χ4n) is 2.39. The number of aromatic nitrogens is 1. The van der Waals surface area contributed by atoms with Crippen LogP contribution in [0.2, 0.25) is 0 Å². The van der Waals surface area contributed by atoms with Gasteiger partial charge >= 0.3 is 0 Å². The smallest absolute Gasteiger partial charge is 0.244 e. The average Bonchev–Trinajstić information content (AvgIpc) is 2.43. The monoisotopic (exact) mass is 300 g/mol. The molecule has 2 rings (SSSR count). The highest BCUT2D eigenvalue weighted by Gasteiger charge is 2.10. The molecule has 0 aliphatic heterocycles.